The van der Waals surface area contributed by atoms with E-state index in [0.717, 1.165) is 22.2 Å². The zero-order chi connectivity index (χ0) is 27.9. The molecule has 1 unspecified atom stereocenters. The van der Waals surface area contributed by atoms with Gasteiger partial charge in [-0.25, -0.2) is 14.6 Å². The maximum Gasteiger partial charge on any atom is 0.336 e. The second-order valence-corrected chi connectivity index (χ2v) is 10.4. The molecule has 4 rings (SSSR count). The number of aromatic nitrogens is 1. The van der Waals surface area contributed by atoms with Crippen LogP contribution in [-0.2, 0) is 4.79 Å². The molecule has 4 aromatic rings. The number of carbonyl (C=O) groups is 4. The van der Waals surface area contributed by atoms with Crippen LogP contribution in [0.5, 0.6) is 0 Å². The zero-order valence-electron chi connectivity index (χ0n) is 20.6. The van der Waals surface area contributed by atoms with Crippen LogP contribution in [0.25, 0.3) is 11.3 Å². The number of benzene rings is 3. The highest BCUT2D eigenvalue weighted by molar-refractivity contribution is 8.00. The van der Waals surface area contributed by atoms with Crippen molar-refractivity contribution in [1.82, 2.24) is 4.98 Å². The lowest BCUT2D eigenvalue weighted by atomic mass is 10.0. The number of hydrogen-bond acceptors (Lipinski definition) is 7. The summed E-state index contributed by atoms with van der Waals surface area (Å²) in [6, 6.07) is 19.8. The van der Waals surface area contributed by atoms with E-state index in [1.54, 1.807) is 24.3 Å². The van der Waals surface area contributed by atoms with Crippen molar-refractivity contribution in [2.24, 2.45) is 0 Å². The topological polar surface area (TPSA) is 146 Å². The number of amides is 2. The molecule has 0 radical (unpaired) electrons. The lowest BCUT2D eigenvalue weighted by Crippen LogP contribution is -2.24. The van der Waals surface area contributed by atoms with Gasteiger partial charge in [0.05, 0.1) is 27.6 Å². The van der Waals surface area contributed by atoms with E-state index in [1.165, 1.54) is 35.2 Å². The Morgan fingerprint density at radius 1 is 0.897 bits per heavy atom. The number of carboxylic acids is 2. The molecule has 0 spiro atoms. The second kappa shape index (κ2) is 12.4. The van der Waals surface area contributed by atoms with Gasteiger partial charge in [0.2, 0.25) is 5.91 Å². The van der Waals surface area contributed by atoms with Gasteiger partial charge in [-0.2, -0.15) is 0 Å². The molecule has 3 aromatic carbocycles. The van der Waals surface area contributed by atoms with E-state index in [1.807, 2.05) is 42.6 Å². The van der Waals surface area contributed by atoms with Crippen molar-refractivity contribution in [3.8, 4) is 11.3 Å². The summed E-state index contributed by atoms with van der Waals surface area (Å²) in [5.74, 6) is -3.61. The first kappa shape index (κ1) is 27.6. The van der Waals surface area contributed by atoms with Crippen LogP contribution in [0.3, 0.4) is 0 Å². The Morgan fingerprint density at radius 2 is 1.67 bits per heavy atom. The quantitative estimate of drug-likeness (QED) is 0.173. The number of anilines is 2. The van der Waals surface area contributed by atoms with Gasteiger partial charge in [0.25, 0.3) is 5.91 Å². The lowest BCUT2D eigenvalue weighted by molar-refractivity contribution is -0.115. The van der Waals surface area contributed by atoms with Gasteiger partial charge < -0.3 is 20.8 Å². The van der Waals surface area contributed by atoms with Crippen LogP contribution >= 0.6 is 23.1 Å². The van der Waals surface area contributed by atoms with E-state index in [4.69, 9.17) is 5.11 Å². The van der Waals surface area contributed by atoms with Crippen LogP contribution < -0.4 is 10.6 Å². The van der Waals surface area contributed by atoms with E-state index >= 15 is 0 Å². The minimum Gasteiger partial charge on any atom is -0.478 e. The van der Waals surface area contributed by atoms with E-state index < -0.39 is 28.7 Å². The average molecular weight is 562 g/mol. The Kier molecular flexibility index (Phi) is 8.74. The van der Waals surface area contributed by atoms with Crippen LogP contribution in [0.2, 0.25) is 0 Å². The summed E-state index contributed by atoms with van der Waals surface area (Å²) in [5.41, 5.74) is 1.31. The number of nitrogens with one attached hydrogen (secondary N) is 2. The normalized spacial score (nSPS) is 11.4. The van der Waals surface area contributed by atoms with Gasteiger partial charge >= 0.3 is 11.9 Å². The number of rotatable bonds is 10. The molecule has 0 fully saturated rings. The number of aromatic carboxylic acids is 2. The number of nitrogens with zero attached hydrogens (tertiary/aromatic N) is 1. The highest BCUT2D eigenvalue weighted by Gasteiger charge is 2.21. The highest BCUT2D eigenvalue weighted by Crippen LogP contribution is 2.30. The number of hydrogen-bond donors (Lipinski definition) is 4. The van der Waals surface area contributed by atoms with Crippen molar-refractivity contribution in [1.29, 1.82) is 0 Å². The molecule has 1 aromatic heterocycles. The molecule has 1 heterocycles. The number of carboxylic acid groups (broad SMARTS) is 2. The molecule has 1 atom stereocenters. The molecule has 0 aliphatic rings. The SMILES string of the molecule is CCC(Sc1cccc(NC(=O)c2ccc(C(=O)O)cc2C(=O)O)c1)C(=O)Nc1nc(-c2ccccc2)cs1. The molecule has 0 aliphatic carbocycles. The summed E-state index contributed by atoms with van der Waals surface area (Å²) < 4.78 is 0. The Balaban J connectivity index is 1.44. The number of thiazole rings is 1. The highest BCUT2D eigenvalue weighted by atomic mass is 32.2. The molecule has 0 saturated heterocycles. The monoisotopic (exact) mass is 561 g/mol. The Bertz CT molecular complexity index is 1540. The van der Waals surface area contributed by atoms with E-state index in [2.05, 4.69) is 15.6 Å². The van der Waals surface area contributed by atoms with Crippen LogP contribution in [0.15, 0.2) is 83.1 Å². The Labute approximate surface area is 231 Å². The van der Waals surface area contributed by atoms with Crippen molar-refractivity contribution < 1.29 is 29.4 Å². The minimum absolute atomic E-state index is 0.172. The third-order valence-corrected chi connectivity index (χ3v) is 7.69. The number of thioether (sulfide) groups is 1. The third-order valence-electron chi connectivity index (χ3n) is 5.58. The maximum atomic E-state index is 13.0. The fourth-order valence-electron chi connectivity index (χ4n) is 3.64. The molecular formula is C28H23N3O6S2. The first-order chi connectivity index (χ1) is 18.7. The molecule has 39 heavy (non-hydrogen) atoms. The van der Waals surface area contributed by atoms with Gasteiger partial charge in [-0.1, -0.05) is 43.3 Å². The summed E-state index contributed by atoms with van der Waals surface area (Å²) >= 11 is 2.67. The molecule has 198 valence electrons. The molecule has 9 nitrogen and oxygen atoms in total. The predicted octanol–water partition coefficient (Wildman–Crippen LogP) is 5.97. The van der Waals surface area contributed by atoms with Crippen molar-refractivity contribution >= 4 is 57.7 Å². The molecule has 0 bridgehead atoms. The molecule has 4 N–H and O–H groups in total. The molecule has 11 heteroatoms. The lowest BCUT2D eigenvalue weighted by Gasteiger charge is -2.15. The van der Waals surface area contributed by atoms with Crippen LogP contribution in [0.4, 0.5) is 10.8 Å². The summed E-state index contributed by atoms with van der Waals surface area (Å²) in [7, 11) is 0. The molecule has 0 saturated carbocycles. The first-order valence-electron chi connectivity index (χ1n) is 11.8. The summed E-state index contributed by atoms with van der Waals surface area (Å²) in [5, 5.41) is 26.1. The van der Waals surface area contributed by atoms with Gasteiger partial charge in [-0.15, -0.1) is 23.1 Å². The fourth-order valence-corrected chi connectivity index (χ4v) is 5.38. The van der Waals surface area contributed by atoms with Crippen molar-refractivity contribution in [2.75, 3.05) is 10.6 Å². The second-order valence-electron chi connectivity index (χ2n) is 8.26. The zero-order valence-corrected chi connectivity index (χ0v) is 22.2. The van der Waals surface area contributed by atoms with Crippen molar-refractivity contribution in [2.45, 2.75) is 23.5 Å². The Hall–Kier alpha value is -4.48. The summed E-state index contributed by atoms with van der Waals surface area (Å²) in [6.07, 6.45) is 0.544. The summed E-state index contributed by atoms with van der Waals surface area (Å²) in [6.45, 7) is 1.90. The Morgan fingerprint density at radius 3 is 2.36 bits per heavy atom. The molecule has 2 amide bonds. The average Bonchev–Trinajstić information content (AvgIpc) is 3.40. The van der Waals surface area contributed by atoms with Crippen LogP contribution in [0.1, 0.15) is 44.4 Å². The van der Waals surface area contributed by atoms with Crippen molar-refractivity contribution in [3.63, 3.8) is 0 Å². The summed E-state index contributed by atoms with van der Waals surface area (Å²) in [4.78, 5) is 53.8. The van der Waals surface area contributed by atoms with Gasteiger partial charge in [-0.3, -0.25) is 9.59 Å². The smallest absolute Gasteiger partial charge is 0.336 e. The standard InChI is InChI=1S/C28H23N3O6S2/c1-2-23(25(33)31-28-30-22(15-38-28)16-7-4-3-5-8-16)39-19-10-6-9-18(14-19)29-24(32)20-12-11-17(26(34)35)13-21(20)27(36)37/h3-15,23H,2H2,1H3,(H,29,32)(H,34,35)(H,36,37)(H,30,31,33). The van der Waals surface area contributed by atoms with E-state index in [9.17, 15) is 24.3 Å². The largest absolute Gasteiger partial charge is 0.478 e. The van der Waals surface area contributed by atoms with Gasteiger partial charge in [0.15, 0.2) is 5.13 Å². The number of carbonyl (C=O) groups excluding carboxylic acids is 2. The van der Waals surface area contributed by atoms with Gasteiger partial charge in [0.1, 0.15) is 0 Å². The van der Waals surface area contributed by atoms with E-state index in [0.29, 0.717) is 17.2 Å². The van der Waals surface area contributed by atoms with Crippen LogP contribution in [0, 0.1) is 0 Å². The predicted molar refractivity (Wildman–Crippen MR) is 151 cm³/mol. The third kappa shape index (κ3) is 6.89. The fraction of sp³-hybridized carbons (Fsp3) is 0.107. The van der Waals surface area contributed by atoms with Gasteiger partial charge in [0, 0.05) is 21.5 Å². The van der Waals surface area contributed by atoms with Gasteiger partial charge in [-0.05, 0) is 42.8 Å². The maximum absolute atomic E-state index is 13.0. The molecule has 0 aliphatic heterocycles. The van der Waals surface area contributed by atoms with Crippen LogP contribution in [-0.4, -0.2) is 44.2 Å². The van der Waals surface area contributed by atoms with E-state index in [-0.39, 0.29) is 17.0 Å². The molecular weight excluding hydrogens is 538 g/mol. The van der Waals surface area contributed by atoms with Crippen molar-refractivity contribution in [3.05, 3.63) is 94.9 Å². The minimum atomic E-state index is -1.42. The first-order valence-corrected chi connectivity index (χ1v) is 13.5.